The highest BCUT2D eigenvalue weighted by Crippen LogP contribution is 2.35. The van der Waals surface area contributed by atoms with E-state index in [1.54, 1.807) is 11.1 Å². The molecule has 1 aliphatic heterocycles. The predicted octanol–water partition coefficient (Wildman–Crippen LogP) is 1.06. The van der Waals surface area contributed by atoms with Crippen molar-refractivity contribution in [1.29, 1.82) is 0 Å². The van der Waals surface area contributed by atoms with E-state index in [2.05, 4.69) is 5.32 Å². The highest BCUT2D eigenvalue weighted by molar-refractivity contribution is 7.91. The van der Waals surface area contributed by atoms with Crippen molar-refractivity contribution < 1.29 is 13.2 Å². The molecule has 0 aromatic heterocycles. The van der Waals surface area contributed by atoms with Gasteiger partial charge in [-0.05, 0) is 46.2 Å². The molecule has 7 heteroatoms. The molecule has 126 valence electrons. The predicted molar refractivity (Wildman–Crippen MR) is 87.3 cm³/mol. The zero-order valence-corrected chi connectivity index (χ0v) is 14.5. The minimum Gasteiger partial charge on any atom is -0.319 e. The molecule has 1 heterocycles. The first-order chi connectivity index (χ1) is 10.3. The van der Waals surface area contributed by atoms with Crippen LogP contribution < -0.4 is 5.32 Å². The van der Waals surface area contributed by atoms with E-state index in [0.29, 0.717) is 18.9 Å². The molecule has 0 aromatic rings. The van der Waals surface area contributed by atoms with Crippen molar-refractivity contribution in [2.75, 3.05) is 38.7 Å². The number of nitrogens with one attached hydrogen (secondary N) is 1. The molecule has 1 aliphatic carbocycles. The van der Waals surface area contributed by atoms with Crippen LogP contribution in [0.25, 0.3) is 0 Å². The zero-order chi connectivity index (χ0) is 16.3. The third-order valence-corrected chi connectivity index (χ3v) is 6.09. The number of carbonyl (C=O) groups excluding carboxylic acids is 1. The van der Waals surface area contributed by atoms with Crippen LogP contribution in [0.2, 0.25) is 0 Å². The first-order valence-corrected chi connectivity index (χ1v) is 9.69. The summed E-state index contributed by atoms with van der Waals surface area (Å²) in [6, 6.07) is -0.400. The van der Waals surface area contributed by atoms with E-state index >= 15 is 0 Å². The molecule has 2 amide bonds. The average Bonchev–Trinajstić information content (AvgIpc) is 3.21. The Kier molecular flexibility index (Phi) is 5.50. The van der Waals surface area contributed by atoms with Crippen LogP contribution in [0.1, 0.15) is 26.2 Å². The maximum Gasteiger partial charge on any atom is 0.321 e. The van der Waals surface area contributed by atoms with Crippen molar-refractivity contribution in [3.8, 4) is 0 Å². The number of urea groups is 1. The van der Waals surface area contributed by atoms with E-state index in [-0.39, 0.29) is 23.6 Å². The molecule has 1 saturated carbocycles. The summed E-state index contributed by atoms with van der Waals surface area (Å²) < 4.78 is 23.4. The van der Waals surface area contributed by atoms with Gasteiger partial charge in [0.2, 0.25) is 0 Å². The molecular weight excluding hydrogens is 302 g/mol. The molecule has 0 bridgehead atoms. The number of allylic oxidation sites excluding steroid dienone is 1. The second-order valence-electron chi connectivity index (χ2n) is 6.67. The molecule has 2 aliphatic rings. The summed E-state index contributed by atoms with van der Waals surface area (Å²) in [5.41, 5.74) is 1.19. The molecule has 0 spiro atoms. The summed E-state index contributed by atoms with van der Waals surface area (Å²) in [5.74, 6) is 0.877. The van der Waals surface area contributed by atoms with Gasteiger partial charge in [0.05, 0.1) is 11.5 Å². The lowest BCUT2D eigenvalue weighted by Gasteiger charge is -2.29. The number of amides is 2. The Bertz CT molecular complexity index is 538. The monoisotopic (exact) mass is 329 g/mol. The number of rotatable bonds is 6. The number of hydrogen-bond donors (Lipinski definition) is 1. The summed E-state index contributed by atoms with van der Waals surface area (Å²) in [4.78, 5) is 16.1. The van der Waals surface area contributed by atoms with Crippen LogP contribution in [0.3, 0.4) is 0 Å². The van der Waals surface area contributed by atoms with Crippen LogP contribution in [0, 0.1) is 5.92 Å². The maximum absolute atomic E-state index is 12.5. The van der Waals surface area contributed by atoms with E-state index < -0.39 is 9.84 Å². The first kappa shape index (κ1) is 17.3. The van der Waals surface area contributed by atoms with Crippen LogP contribution in [-0.4, -0.2) is 69.0 Å². The molecule has 1 atom stereocenters. The Morgan fingerprint density at radius 3 is 2.41 bits per heavy atom. The van der Waals surface area contributed by atoms with Crippen LogP contribution >= 0.6 is 0 Å². The Hall–Kier alpha value is -1.08. The Morgan fingerprint density at radius 1 is 1.23 bits per heavy atom. The van der Waals surface area contributed by atoms with Gasteiger partial charge in [-0.1, -0.05) is 5.57 Å². The largest absolute Gasteiger partial charge is 0.321 e. The van der Waals surface area contributed by atoms with E-state index in [1.807, 2.05) is 25.9 Å². The molecule has 1 unspecified atom stereocenters. The highest BCUT2D eigenvalue weighted by atomic mass is 32.2. The van der Waals surface area contributed by atoms with Gasteiger partial charge in [-0.25, -0.2) is 13.2 Å². The maximum atomic E-state index is 12.5. The number of carbonyl (C=O) groups is 1. The number of likely N-dealkylation sites (N-methyl/N-ethyl adjacent to an activating group) is 1. The van der Waals surface area contributed by atoms with Gasteiger partial charge in [0.15, 0.2) is 9.84 Å². The summed E-state index contributed by atoms with van der Waals surface area (Å²) in [7, 11) is 0.888. The fourth-order valence-corrected chi connectivity index (χ4v) is 4.42. The quantitative estimate of drug-likeness (QED) is 0.791. The van der Waals surface area contributed by atoms with E-state index in [9.17, 15) is 13.2 Å². The van der Waals surface area contributed by atoms with Gasteiger partial charge in [0.25, 0.3) is 0 Å². The van der Waals surface area contributed by atoms with E-state index in [4.69, 9.17) is 0 Å². The summed E-state index contributed by atoms with van der Waals surface area (Å²) in [6.07, 6.45) is 4.72. The van der Waals surface area contributed by atoms with Gasteiger partial charge in [-0.2, -0.15) is 0 Å². The number of sulfone groups is 1. The second-order valence-corrected chi connectivity index (χ2v) is 8.89. The van der Waals surface area contributed by atoms with Crippen molar-refractivity contribution in [2.24, 2.45) is 5.92 Å². The molecule has 1 saturated heterocycles. The molecule has 2 fully saturated rings. The molecular formula is C15H27N3O3S. The van der Waals surface area contributed by atoms with Gasteiger partial charge in [-0.3, -0.25) is 0 Å². The summed E-state index contributed by atoms with van der Waals surface area (Å²) in [5, 5.41) is 2.84. The van der Waals surface area contributed by atoms with Gasteiger partial charge in [0.1, 0.15) is 0 Å². The van der Waals surface area contributed by atoms with Crippen molar-refractivity contribution in [3.05, 3.63) is 11.8 Å². The van der Waals surface area contributed by atoms with Crippen molar-refractivity contribution in [3.63, 3.8) is 0 Å². The van der Waals surface area contributed by atoms with Crippen LogP contribution in [0.5, 0.6) is 0 Å². The fourth-order valence-electron chi connectivity index (χ4n) is 2.69. The first-order valence-electron chi connectivity index (χ1n) is 7.87. The number of nitrogens with zero attached hydrogens (tertiary/aromatic N) is 2. The van der Waals surface area contributed by atoms with Crippen LogP contribution in [0.15, 0.2) is 11.8 Å². The Labute approximate surface area is 133 Å². The normalized spacial score (nSPS) is 24.5. The van der Waals surface area contributed by atoms with Crippen molar-refractivity contribution in [1.82, 2.24) is 15.1 Å². The molecule has 22 heavy (non-hydrogen) atoms. The molecule has 1 N–H and O–H groups in total. The van der Waals surface area contributed by atoms with Crippen LogP contribution in [-0.2, 0) is 9.84 Å². The lowest BCUT2D eigenvalue weighted by Crippen LogP contribution is -2.48. The van der Waals surface area contributed by atoms with Gasteiger partial charge < -0.3 is 15.1 Å². The highest BCUT2D eigenvalue weighted by Gasteiger charge is 2.34. The molecule has 0 radical (unpaired) electrons. The molecule has 6 nitrogen and oxygen atoms in total. The smallest absolute Gasteiger partial charge is 0.319 e. The summed E-state index contributed by atoms with van der Waals surface area (Å²) in [6.45, 7) is 3.28. The second kappa shape index (κ2) is 7.00. The SMILES string of the molecule is C/C(=C\NC(=O)N(CCN(C)C)C1CCS(=O)(=O)C1)C1CC1. The standard InChI is InChI=1S/C15H27N3O3S/c1-12(13-4-5-13)10-16-15(19)18(8-7-17(2)3)14-6-9-22(20,21)11-14/h10,13-14H,4-9,11H2,1-3H3,(H,16,19)/b12-10+. The minimum absolute atomic E-state index is 0.0825. The lowest BCUT2D eigenvalue weighted by molar-refractivity contribution is 0.176. The third kappa shape index (κ3) is 4.98. The average molecular weight is 329 g/mol. The van der Waals surface area contributed by atoms with Crippen molar-refractivity contribution in [2.45, 2.75) is 32.2 Å². The van der Waals surface area contributed by atoms with E-state index in [1.165, 1.54) is 18.4 Å². The van der Waals surface area contributed by atoms with E-state index in [0.717, 1.165) is 6.54 Å². The lowest BCUT2D eigenvalue weighted by atomic mass is 10.2. The van der Waals surface area contributed by atoms with Crippen molar-refractivity contribution >= 4 is 15.9 Å². The molecule has 0 aromatic carbocycles. The Morgan fingerprint density at radius 2 is 1.91 bits per heavy atom. The van der Waals surface area contributed by atoms with Gasteiger partial charge in [0, 0.05) is 25.3 Å². The third-order valence-electron chi connectivity index (χ3n) is 4.34. The number of hydrogen-bond acceptors (Lipinski definition) is 4. The minimum atomic E-state index is -3.00. The van der Waals surface area contributed by atoms with Gasteiger partial charge in [-0.15, -0.1) is 0 Å². The van der Waals surface area contributed by atoms with Gasteiger partial charge >= 0.3 is 6.03 Å². The zero-order valence-electron chi connectivity index (χ0n) is 13.7. The Balaban J connectivity index is 1.99. The topological polar surface area (TPSA) is 69.7 Å². The fraction of sp³-hybridized carbons (Fsp3) is 0.800. The molecule has 2 rings (SSSR count). The van der Waals surface area contributed by atoms with Crippen LogP contribution in [0.4, 0.5) is 4.79 Å². The summed E-state index contributed by atoms with van der Waals surface area (Å²) >= 11 is 0.